The van der Waals surface area contributed by atoms with E-state index in [-0.39, 0.29) is 0 Å². The molecule has 0 aliphatic rings. The minimum atomic E-state index is 0.639. The van der Waals surface area contributed by atoms with E-state index in [1.165, 1.54) is 27.9 Å². The van der Waals surface area contributed by atoms with Crippen molar-refractivity contribution in [1.29, 1.82) is 0 Å². The van der Waals surface area contributed by atoms with Gasteiger partial charge < -0.3 is 0 Å². The van der Waals surface area contributed by atoms with Crippen molar-refractivity contribution in [3.63, 3.8) is 0 Å². The smallest absolute Gasteiger partial charge is 0.0579 e. The van der Waals surface area contributed by atoms with Gasteiger partial charge in [-0.2, -0.15) is 0 Å². The van der Waals surface area contributed by atoms with Crippen LogP contribution in [-0.2, 0) is 0 Å². The van der Waals surface area contributed by atoms with E-state index in [1.807, 2.05) is 0 Å². The van der Waals surface area contributed by atoms with Crippen molar-refractivity contribution in [1.82, 2.24) is 0 Å². The maximum atomic E-state index is 6.47. The number of halogens is 1. The van der Waals surface area contributed by atoms with E-state index in [4.69, 9.17) is 4.66 Å². The van der Waals surface area contributed by atoms with Crippen LogP contribution in [0.15, 0.2) is 0 Å². The number of hydrogen-bond donors (Lipinski definition) is 1. The molecule has 0 spiro atoms. The molecule has 40 valence electrons. The fraction of sp³-hybridized carbons (Fsp3) is 1.00. The quantitative estimate of drug-likeness (QED) is 0.496. The van der Waals surface area contributed by atoms with E-state index < -0.39 is 0 Å². The summed E-state index contributed by atoms with van der Waals surface area (Å²) in [7, 11) is 0. The van der Waals surface area contributed by atoms with Gasteiger partial charge in [0, 0.05) is 0 Å². The van der Waals surface area contributed by atoms with Crippen molar-refractivity contribution < 1.29 is 4.66 Å². The minimum absolute atomic E-state index is 0.639. The average Bonchev–Trinajstić information content (AvgIpc) is 1.36. The third kappa shape index (κ3) is 128. The maximum Gasteiger partial charge on any atom is 0.0579 e. The molecule has 0 amide bonds. The van der Waals surface area contributed by atoms with Gasteiger partial charge >= 0.3 is 51.4 Å². The van der Waals surface area contributed by atoms with Crippen LogP contribution in [0.3, 0.4) is 0 Å². The summed E-state index contributed by atoms with van der Waals surface area (Å²) in [6, 6.07) is 0. The SMILES string of the molecule is C[C](C)(C)[Na].OCl. The summed E-state index contributed by atoms with van der Waals surface area (Å²) in [5, 5.41) is 0. The van der Waals surface area contributed by atoms with Crippen LogP contribution < -0.4 is 0 Å². The summed E-state index contributed by atoms with van der Waals surface area (Å²) in [5.41, 5.74) is 0. The molecule has 7 heavy (non-hydrogen) atoms. The molecule has 0 saturated carbocycles. The van der Waals surface area contributed by atoms with Gasteiger partial charge in [0.05, 0.1) is 11.9 Å². The molecule has 0 unspecified atom stereocenters. The van der Waals surface area contributed by atoms with E-state index in [1.54, 1.807) is 0 Å². The Morgan fingerprint density at radius 1 is 1.29 bits per heavy atom. The molecular weight excluding hydrogens is 122 g/mol. The first-order valence-electron chi connectivity index (χ1n) is 2.17. The molecule has 0 fully saturated rings. The second-order valence-electron chi connectivity index (χ2n) is 3.00. The van der Waals surface area contributed by atoms with Crippen molar-refractivity contribution in [2.24, 2.45) is 0 Å². The Morgan fingerprint density at radius 2 is 1.29 bits per heavy atom. The van der Waals surface area contributed by atoms with Gasteiger partial charge in [-0.15, -0.1) is 0 Å². The van der Waals surface area contributed by atoms with Gasteiger partial charge in [-0.05, 0) is 0 Å². The third-order valence-corrected chi connectivity index (χ3v) is 0. The Kier molecular flexibility index (Phi) is 8.54. The van der Waals surface area contributed by atoms with E-state index in [2.05, 4.69) is 32.6 Å². The van der Waals surface area contributed by atoms with E-state index in [9.17, 15) is 0 Å². The average molecular weight is 133 g/mol. The summed E-state index contributed by atoms with van der Waals surface area (Å²) < 4.78 is 7.11. The Labute approximate surface area is 67.6 Å². The van der Waals surface area contributed by atoms with Gasteiger partial charge in [-0.3, -0.25) is 4.66 Å². The van der Waals surface area contributed by atoms with Crippen molar-refractivity contribution in [3.05, 3.63) is 0 Å². The van der Waals surface area contributed by atoms with Gasteiger partial charge in [0.25, 0.3) is 0 Å². The Bertz CT molecular complexity index is 27.2. The molecule has 0 heterocycles. The molecule has 0 aromatic heterocycles. The molecular formula is C4H10ClNaO. The molecule has 0 aliphatic carbocycles. The number of rotatable bonds is 0. The summed E-state index contributed by atoms with van der Waals surface area (Å²) in [4.78, 5) is 0. The van der Waals surface area contributed by atoms with Gasteiger partial charge in [0.2, 0.25) is 0 Å². The first kappa shape index (κ1) is 11.1. The zero-order valence-electron chi connectivity index (χ0n) is 5.33. The maximum absolute atomic E-state index is 6.47. The molecule has 0 radical (unpaired) electrons. The van der Waals surface area contributed by atoms with Crippen molar-refractivity contribution in [2.75, 3.05) is 0 Å². The van der Waals surface area contributed by atoms with Crippen molar-refractivity contribution >= 4 is 39.8 Å². The van der Waals surface area contributed by atoms with E-state index in [0.717, 1.165) is 0 Å². The van der Waals surface area contributed by atoms with Crippen LogP contribution in [0.2, 0.25) is 2.66 Å². The standard InChI is InChI=1S/C4H9.ClHO.Na/c1-4(2)3;1-2;/h1-3H3;2H;. The molecule has 0 rings (SSSR count). The molecule has 3 heteroatoms. The molecule has 1 nitrogen and oxygen atoms in total. The van der Waals surface area contributed by atoms with Crippen LogP contribution in [-0.4, -0.2) is 32.6 Å². The Balaban J connectivity index is 0. The summed E-state index contributed by atoms with van der Waals surface area (Å²) in [5.74, 6) is 0. The third-order valence-electron chi connectivity index (χ3n) is 0. The van der Waals surface area contributed by atoms with Crippen LogP contribution >= 0.6 is 11.9 Å². The summed E-state index contributed by atoms with van der Waals surface area (Å²) in [6.07, 6.45) is 0. The molecule has 0 saturated heterocycles. The predicted octanol–water partition coefficient (Wildman–Crippen LogP) is 1.51. The van der Waals surface area contributed by atoms with Crippen LogP contribution in [0.5, 0.6) is 0 Å². The zero-order chi connectivity index (χ0) is 6.50. The largest absolute Gasteiger partial charge is 0.295 e. The molecule has 0 aromatic carbocycles. The van der Waals surface area contributed by atoms with Crippen molar-refractivity contribution in [2.45, 2.75) is 23.4 Å². The Morgan fingerprint density at radius 3 is 1.29 bits per heavy atom. The van der Waals surface area contributed by atoms with Gasteiger partial charge in [0.15, 0.2) is 0 Å². The first-order chi connectivity index (χ1) is 3.00. The molecule has 0 atom stereocenters. The van der Waals surface area contributed by atoms with Crippen LogP contribution in [0.1, 0.15) is 20.8 Å². The van der Waals surface area contributed by atoms with Crippen LogP contribution in [0, 0.1) is 0 Å². The normalized spacial score (nSPS) is 9.57. The first-order valence-corrected chi connectivity index (χ1v) is 3.51. The van der Waals surface area contributed by atoms with E-state index in [0.29, 0.717) is 2.66 Å². The molecule has 0 aliphatic heterocycles. The number of hydrogen-bond acceptors (Lipinski definition) is 1. The topological polar surface area (TPSA) is 20.2 Å². The van der Waals surface area contributed by atoms with Gasteiger partial charge in [0.1, 0.15) is 0 Å². The van der Waals surface area contributed by atoms with Crippen LogP contribution in [0.25, 0.3) is 0 Å². The minimum Gasteiger partial charge on any atom is -0.295 e. The predicted molar refractivity (Wildman–Crippen MR) is 33.5 cm³/mol. The fourth-order valence-electron chi connectivity index (χ4n) is 0. The second-order valence-corrected chi connectivity index (χ2v) is 6.00. The summed E-state index contributed by atoms with van der Waals surface area (Å²) >= 11 is 4.95. The fourth-order valence-corrected chi connectivity index (χ4v) is 0. The summed E-state index contributed by atoms with van der Waals surface area (Å²) in [6.45, 7) is 6.75. The second kappa shape index (κ2) is 5.39. The molecule has 0 bridgehead atoms. The zero-order valence-corrected chi connectivity index (χ0v) is 8.08. The molecule has 1 N–H and O–H groups in total. The van der Waals surface area contributed by atoms with E-state index >= 15 is 0 Å². The molecule has 0 aromatic rings. The van der Waals surface area contributed by atoms with Gasteiger partial charge in [-0.1, -0.05) is 0 Å². The van der Waals surface area contributed by atoms with Crippen molar-refractivity contribution in [3.8, 4) is 0 Å². The van der Waals surface area contributed by atoms with Gasteiger partial charge in [-0.25, -0.2) is 0 Å². The monoisotopic (exact) mass is 132 g/mol. The Hall–Kier alpha value is 1.25. The van der Waals surface area contributed by atoms with Crippen LogP contribution in [0.4, 0.5) is 0 Å².